The van der Waals surface area contributed by atoms with Gasteiger partial charge in [-0.05, 0) is 32.3 Å². The molecule has 90 valence electrons. The van der Waals surface area contributed by atoms with E-state index in [2.05, 4.69) is 0 Å². The molecular formula is C13H16N2O2. The number of aromatic nitrogens is 1. The van der Waals surface area contributed by atoms with E-state index in [1.165, 1.54) is 0 Å². The molecule has 0 radical (unpaired) electrons. The van der Waals surface area contributed by atoms with Crippen LogP contribution in [-0.4, -0.2) is 42.8 Å². The van der Waals surface area contributed by atoms with Crippen LogP contribution in [0.3, 0.4) is 0 Å². The highest BCUT2D eigenvalue weighted by molar-refractivity contribution is 6.03. The number of carbonyl (C=O) groups is 1. The van der Waals surface area contributed by atoms with E-state index in [4.69, 9.17) is 4.74 Å². The first-order chi connectivity index (χ1) is 8.11. The zero-order valence-electron chi connectivity index (χ0n) is 10.3. The van der Waals surface area contributed by atoms with Gasteiger partial charge in [0.15, 0.2) is 5.78 Å². The van der Waals surface area contributed by atoms with E-state index in [0.717, 1.165) is 16.8 Å². The summed E-state index contributed by atoms with van der Waals surface area (Å²) in [4.78, 5) is 13.9. The number of Topliss-reactive ketones (excluding diaryl/α,β-unsaturated/α-hetero) is 1. The lowest BCUT2D eigenvalue weighted by Crippen LogP contribution is -2.21. The molecule has 2 aromatic heterocycles. The van der Waals surface area contributed by atoms with Crippen molar-refractivity contribution < 1.29 is 9.53 Å². The van der Waals surface area contributed by atoms with Crippen LogP contribution in [0.25, 0.3) is 5.52 Å². The Labute approximate surface area is 100 Å². The van der Waals surface area contributed by atoms with Gasteiger partial charge in [0.25, 0.3) is 0 Å². The second kappa shape index (κ2) is 4.59. The van der Waals surface area contributed by atoms with E-state index >= 15 is 0 Å². The average molecular weight is 232 g/mol. The molecule has 17 heavy (non-hydrogen) atoms. The molecule has 0 saturated carbocycles. The van der Waals surface area contributed by atoms with Crippen LogP contribution in [0.1, 0.15) is 10.4 Å². The zero-order valence-corrected chi connectivity index (χ0v) is 10.3. The van der Waals surface area contributed by atoms with Gasteiger partial charge in [-0.15, -0.1) is 0 Å². The highest BCUT2D eigenvalue weighted by Crippen LogP contribution is 2.18. The number of pyridine rings is 1. The number of ketones is 1. The number of hydrogen-bond acceptors (Lipinski definition) is 3. The predicted octanol–water partition coefficient (Wildman–Crippen LogP) is 1.69. The van der Waals surface area contributed by atoms with Crippen LogP contribution in [0.5, 0.6) is 5.75 Å². The molecule has 0 spiro atoms. The summed E-state index contributed by atoms with van der Waals surface area (Å²) in [5.74, 6) is 0.905. The highest BCUT2D eigenvalue weighted by Gasteiger charge is 2.12. The third-order valence-corrected chi connectivity index (χ3v) is 2.62. The number of hydrogen-bond donors (Lipinski definition) is 0. The molecule has 0 bridgehead atoms. The van der Waals surface area contributed by atoms with E-state index in [1.54, 1.807) is 7.11 Å². The van der Waals surface area contributed by atoms with E-state index in [0.29, 0.717) is 6.54 Å². The molecule has 0 saturated heterocycles. The summed E-state index contributed by atoms with van der Waals surface area (Å²) < 4.78 is 7.05. The monoisotopic (exact) mass is 232 g/mol. The van der Waals surface area contributed by atoms with Crippen molar-refractivity contribution in [1.29, 1.82) is 0 Å². The van der Waals surface area contributed by atoms with Crippen LogP contribution in [-0.2, 0) is 0 Å². The summed E-state index contributed by atoms with van der Waals surface area (Å²) >= 11 is 0. The molecule has 0 aromatic carbocycles. The summed E-state index contributed by atoms with van der Waals surface area (Å²) in [6.45, 7) is 0.422. The predicted molar refractivity (Wildman–Crippen MR) is 66.8 cm³/mol. The van der Waals surface area contributed by atoms with Crippen LogP contribution < -0.4 is 4.74 Å². The minimum atomic E-state index is 0.127. The molecule has 0 aliphatic carbocycles. The van der Waals surface area contributed by atoms with Gasteiger partial charge in [0.05, 0.1) is 25.4 Å². The zero-order chi connectivity index (χ0) is 12.4. The number of likely N-dealkylation sites (N-methyl/N-ethyl adjacent to an activating group) is 1. The van der Waals surface area contributed by atoms with Crippen LogP contribution >= 0.6 is 0 Å². The number of ether oxygens (including phenoxy) is 1. The molecule has 4 nitrogen and oxygen atoms in total. The van der Waals surface area contributed by atoms with E-state index in [1.807, 2.05) is 54.0 Å². The Bertz CT molecular complexity index is 543. The number of fused-ring (bicyclic) bond motifs is 1. The smallest absolute Gasteiger partial charge is 0.178 e. The molecule has 0 aliphatic heterocycles. The fourth-order valence-corrected chi connectivity index (χ4v) is 1.82. The maximum Gasteiger partial charge on any atom is 0.178 e. The lowest BCUT2D eigenvalue weighted by Gasteiger charge is -2.07. The average Bonchev–Trinajstić information content (AvgIpc) is 2.70. The van der Waals surface area contributed by atoms with Crippen LogP contribution in [0.4, 0.5) is 0 Å². The van der Waals surface area contributed by atoms with Crippen LogP contribution in [0.15, 0.2) is 30.6 Å². The normalized spacial score (nSPS) is 11.1. The van der Waals surface area contributed by atoms with Crippen molar-refractivity contribution in [3.8, 4) is 5.75 Å². The quantitative estimate of drug-likeness (QED) is 0.752. The Morgan fingerprint density at radius 2 is 2.12 bits per heavy atom. The Kier molecular flexibility index (Phi) is 3.15. The molecule has 0 fully saturated rings. The molecule has 0 unspecified atom stereocenters. The molecule has 0 amide bonds. The first-order valence-electron chi connectivity index (χ1n) is 5.44. The third kappa shape index (κ3) is 2.31. The van der Waals surface area contributed by atoms with Gasteiger partial charge in [0.1, 0.15) is 5.75 Å². The summed E-state index contributed by atoms with van der Waals surface area (Å²) in [5, 5.41) is 0. The number of rotatable bonds is 4. The van der Waals surface area contributed by atoms with Gasteiger partial charge in [0.2, 0.25) is 0 Å². The minimum absolute atomic E-state index is 0.127. The van der Waals surface area contributed by atoms with E-state index in [-0.39, 0.29) is 5.78 Å². The molecule has 2 rings (SSSR count). The van der Waals surface area contributed by atoms with E-state index in [9.17, 15) is 4.79 Å². The van der Waals surface area contributed by atoms with Crippen molar-refractivity contribution in [2.75, 3.05) is 27.7 Å². The molecule has 0 aliphatic rings. The fourth-order valence-electron chi connectivity index (χ4n) is 1.82. The Morgan fingerprint density at radius 3 is 2.76 bits per heavy atom. The molecule has 2 aromatic rings. The number of methoxy groups -OCH3 is 1. The minimum Gasteiger partial charge on any atom is -0.495 e. The van der Waals surface area contributed by atoms with Gasteiger partial charge >= 0.3 is 0 Å². The maximum atomic E-state index is 12.0. The largest absolute Gasteiger partial charge is 0.495 e. The van der Waals surface area contributed by atoms with Crippen molar-refractivity contribution in [2.24, 2.45) is 0 Å². The topological polar surface area (TPSA) is 34.0 Å². The standard InChI is InChI=1S/C13H16N2O2/c1-14(2)9-13(16)11-6-7-15-8-10(17-3)4-5-12(11)15/h4-8H,9H2,1-3H3. The SMILES string of the molecule is COc1ccc2c(C(=O)CN(C)C)ccn2c1. The van der Waals surface area contributed by atoms with Gasteiger partial charge in [-0.25, -0.2) is 0 Å². The van der Waals surface area contributed by atoms with Crippen molar-refractivity contribution in [3.05, 3.63) is 36.2 Å². The second-order valence-corrected chi connectivity index (χ2v) is 4.25. The maximum absolute atomic E-state index is 12.0. The Morgan fingerprint density at radius 1 is 1.35 bits per heavy atom. The van der Waals surface area contributed by atoms with Gasteiger partial charge in [-0.2, -0.15) is 0 Å². The summed E-state index contributed by atoms with van der Waals surface area (Å²) in [6.07, 6.45) is 3.74. The van der Waals surface area contributed by atoms with Crippen molar-refractivity contribution >= 4 is 11.3 Å². The summed E-state index contributed by atoms with van der Waals surface area (Å²) in [5.41, 5.74) is 1.67. The van der Waals surface area contributed by atoms with Crippen molar-refractivity contribution in [3.63, 3.8) is 0 Å². The number of carbonyl (C=O) groups excluding carboxylic acids is 1. The van der Waals surface area contributed by atoms with Crippen molar-refractivity contribution in [1.82, 2.24) is 9.30 Å². The Hall–Kier alpha value is -1.81. The fraction of sp³-hybridized carbons (Fsp3) is 0.308. The van der Waals surface area contributed by atoms with E-state index < -0.39 is 0 Å². The molecule has 0 atom stereocenters. The first-order valence-corrected chi connectivity index (χ1v) is 5.44. The van der Waals surface area contributed by atoms with Crippen LogP contribution in [0, 0.1) is 0 Å². The highest BCUT2D eigenvalue weighted by atomic mass is 16.5. The molecule has 4 heteroatoms. The molecular weight excluding hydrogens is 216 g/mol. The lowest BCUT2D eigenvalue weighted by molar-refractivity contribution is 0.0959. The van der Waals surface area contributed by atoms with Gasteiger partial charge < -0.3 is 14.0 Å². The van der Waals surface area contributed by atoms with Gasteiger partial charge in [-0.3, -0.25) is 4.79 Å². The summed E-state index contributed by atoms with van der Waals surface area (Å²) in [7, 11) is 5.40. The van der Waals surface area contributed by atoms with Crippen molar-refractivity contribution in [2.45, 2.75) is 0 Å². The lowest BCUT2D eigenvalue weighted by atomic mass is 10.1. The molecule has 2 heterocycles. The van der Waals surface area contributed by atoms with Gasteiger partial charge in [0, 0.05) is 11.8 Å². The van der Waals surface area contributed by atoms with Gasteiger partial charge in [-0.1, -0.05) is 0 Å². The second-order valence-electron chi connectivity index (χ2n) is 4.25. The van der Waals surface area contributed by atoms with Crippen LogP contribution in [0.2, 0.25) is 0 Å². The third-order valence-electron chi connectivity index (χ3n) is 2.62. The summed E-state index contributed by atoms with van der Waals surface area (Å²) in [6, 6.07) is 5.62. The first kappa shape index (κ1) is 11.7. The molecule has 0 N–H and O–H groups in total. The number of nitrogens with zero attached hydrogens (tertiary/aromatic N) is 2. The Balaban J connectivity index is 2.39.